The Morgan fingerprint density at radius 2 is 1.81 bits per heavy atom. The topological polar surface area (TPSA) is 56.7 Å². The van der Waals surface area contributed by atoms with Crippen molar-refractivity contribution in [3.05, 3.63) is 0 Å². The van der Waals surface area contributed by atoms with E-state index in [1.807, 2.05) is 0 Å². The minimum absolute atomic E-state index is 0.261. The van der Waals surface area contributed by atoms with Gasteiger partial charge in [0.15, 0.2) is 5.96 Å². The summed E-state index contributed by atoms with van der Waals surface area (Å²) < 4.78 is 0. The third-order valence-corrected chi connectivity index (χ3v) is 3.71. The van der Waals surface area contributed by atoms with Gasteiger partial charge in [0.2, 0.25) is 0 Å². The number of aliphatic hydroxyl groups excluding tert-OH is 1. The highest BCUT2D eigenvalue weighted by Gasteiger charge is 2.09. The standard InChI is InChI=1S/C17H37N3O/c1-5-8-9-11-15(4)20-17(18-7-3)19-14-16(10-6-2)12-13-21/h15-16,21H,5-14H2,1-4H3,(H2,18,19,20). The average molecular weight is 300 g/mol. The Labute approximate surface area is 131 Å². The number of unbranched alkanes of at least 4 members (excludes halogenated alkanes) is 2. The number of hydrogen-bond acceptors (Lipinski definition) is 2. The van der Waals surface area contributed by atoms with Gasteiger partial charge in [-0.05, 0) is 39.0 Å². The van der Waals surface area contributed by atoms with Crippen LogP contribution in [0.1, 0.15) is 72.6 Å². The molecule has 0 amide bonds. The van der Waals surface area contributed by atoms with Crippen LogP contribution in [0.2, 0.25) is 0 Å². The second-order valence-electron chi connectivity index (χ2n) is 5.93. The lowest BCUT2D eigenvalue weighted by molar-refractivity contribution is 0.253. The fourth-order valence-electron chi connectivity index (χ4n) is 2.46. The lowest BCUT2D eigenvalue weighted by Gasteiger charge is -2.19. The van der Waals surface area contributed by atoms with Crippen LogP contribution in [0.25, 0.3) is 0 Å². The van der Waals surface area contributed by atoms with E-state index in [-0.39, 0.29) is 6.61 Å². The first-order chi connectivity index (χ1) is 10.2. The van der Waals surface area contributed by atoms with Gasteiger partial charge in [0.05, 0.1) is 0 Å². The SMILES string of the molecule is CCCCCC(C)NC(=NCC(CCC)CCO)NCC. The van der Waals surface area contributed by atoms with Gasteiger partial charge in [-0.2, -0.15) is 0 Å². The fraction of sp³-hybridized carbons (Fsp3) is 0.941. The van der Waals surface area contributed by atoms with Gasteiger partial charge in [-0.25, -0.2) is 0 Å². The Morgan fingerprint density at radius 3 is 2.38 bits per heavy atom. The molecular weight excluding hydrogens is 262 g/mol. The minimum atomic E-state index is 0.261. The molecule has 0 saturated heterocycles. The molecule has 0 heterocycles. The van der Waals surface area contributed by atoms with Crippen LogP contribution in [-0.4, -0.2) is 36.8 Å². The van der Waals surface area contributed by atoms with Crippen LogP contribution >= 0.6 is 0 Å². The molecule has 0 saturated carbocycles. The summed E-state index contributed by atoms with van der Waals surface area (Å²) in [6, 6.07) is 0.455. The smallest absolute Gasteiger partial charge is 0.191 e. The largest absolute Gasteiger partial charge is 0.396 e. The Hall–Kier alpha value is -0.770. The molecule has 4 heteroatoms. The third kappa shape index (κ3) is 11.6. The molecular formula is C17H37N3O. The average Bonchev–Trinajstić information content (AvgIpc) is 2.45. The molecule has 0 aliphatic heterocycles. The Morgan fingerprint density at radius 1 is 1.05 bits per heavy atom. The predicted octanol–water partition coefficient (Wildman–Crippen LogP) is 3.31. The van der Waals surface area contributed by atoms with Gasteiger partial charge >= 0.3 is 0 Å². The molecule has 0 bridgehead atoms. The first-order valence-electron chi connectivity index (χ1n) is 8.83. The quantitative estimate of drug-likeness (QED) is 0.294. The van der Waals surface area contributed by atoms with Gasteiger partial charge in [-0.1, -0.05) is 39.5 Å². The van der Waals surface area contributed by atoms with Crippen molar-refractivity contribution < 1.29 is 5.11 Å². The van der Waals surface area contributed by atoms with Gasteiger partial charge in [-0.3, -0.25) is 4.99 Å². The third-order valence-electron chi connectivity index (χ3n) is 3.71. The summed E-state index contributed by atoms with van der Waals surface area (Å²) in [7, 11) is 0. The number of hydrogen-bond donors (Lipinski definition) is 3. The molecule has 0 fully saturated rings. The van der Waals surface area contributed by atoms with E-state index in [9.17, 15) is 0 Å². The number of aliphatic imine (C=N–C) groups is 1. The predicted molar refractivity (Wildman–Crippen MR) is 92.8 cm³/mol. The van der Waals surface area contributed by atoms with Crippen LogP contribution < -0.4 is 10.6 Å². The van der Waals surface area contributed by atoms with Crippen LogP contribution in [0.4, 0.5) is 0 Å². The summed E-state index contributed by atoms with van der Waals surface area (Å²) in [5.74, 6) is 1.41. The lowest BCUT2D eigenvalue weighted by Crippen LogP contribution is -2.42. The number of aliphatic hydroxyl groups is 1. The maximum Gasteiger partial charge on any atom is 0.191 e. The molecule has 0 spiro atoms. The Kier molecular flexibility index (Phi) is 13.7. The second kappa shape index (κ2) is 14.2. The van der Waals surface area contributed by atoms with Crippen LogP contribution in [0.15, 0.2) is 4.99 Å². The fourth-order valence-corrected chi connectivity index (χ4v) is 2.46. The first kappa shape index (κ1) is 20.2. The summed E-state index contributed by atoms with van der Waals surface area (Å²) in [6.07, 6.45) is 8.16. The second-order valence-corrected chi connectivity index (χ2v) is 5.93. The zero-order chi connectivity index (χ0) is 15.9. The number of nitrogens with zero attached hydrogens (tertiary/aromatic N) is 1. The monoisotopic (exact) mass is 299 g/mol. The van der Waals surface area contributed by atoms with Crippen molar-refractivity contribution in [1.29, 1.82) is 0 Å². The Balaban J connectivity index is 4.31. The molecule has 0 aromatic rings. The van der Waals surface area contributed by atoms with Crippen molar-refractivity contribution in [3.8, 4) is 0 Å². The van der Waals surface area contributed by atoms with E-state index in [4.69, 9.17) is 10.1 Å². The Bertz CT molecular complexity index is 250. The molecule has 0 radical (unpaired) electrons. The summed E-state index contributed by atoms with van der Waals surface area (Å²) in [6.45, 7) is 10.7. The van der Waals surface area contributed by atoms with E-state index >= 15 is 0 Å². The van der Waals surface area contributed by atoms with Crippen molar-refractivity contribution in [2.75, 3.05) is 19.7 Å². The molecule has 4 nitrogen and oxygen atoms in total. The van der Waals surface area contributed by atoms with E-state index in [0.29, 0.717) is 12.0 Å². The highest BCUT2D eigenvalue weighted by Crippen LogP contribution is 2.11. The zero-order valence-corrected chi connectivity index (χ0v) is 14.6. The molecule has 21 heavy (non-hydrogen) atoms. The van der Waals surface area contributed by atoms with Crippen molar-refractivity contribution >= 4 is 5.96 Å². The zero-order valence-electron chi connectivity index (χ0n) is 14.6. The van der Waals surface area contributed by atoms with Crippen molar-refractivity contribution in [3.63, 3.8) is 0 Å². The normalized spacial score (nSPS) is 14.8. The summed E-state index contributed by atoms with van der Waals surface area (Å²) in [5, 5.41) is 15.9. The highest BCUT2D eigenvalue weighted by molar-refractivity contribution is 5.80. The molecule has 0 aromatic heterocycles. The lowest BCUT2D eigenvalue weighted by atomic mass is 10.0. The summed E-state index contributed by atoms with van der Waals surface area (Å²) in [4.78, 5) is 4.70. The van der Waals surface area contributed by atoms with Gasteiger partial charge in [0, 0.05) is 25.7 Å². The van der Waals surface area contributed by atoms with Crippen molar-refractivity contribution in [1.82, 2.24) is 10.6 Å². The van der Waals surface area contributed by atoms with Crippen molar-refractivity contribution in [2.24, 2.45) is 10.9 Å². The minimum Gasteiger partial charge on any atom is -0.396 e. The van der Waals surface area contributed by atoms with E-state index in [0.717, 1.165) is 38.3 Å². The molecule has 0 aromatic carbocycles. The first-order valence-corrected chi connectivity index (χ1v) is 8.83. The van der Waals surface area contributed by atoms with Gasteiger partial charge in [-0.15, -0.1) is 0 Å². The maximum absolute atomic E-state index is 9.12. The molecule has 3 N–H and O–H groups in total. The summed E-state index contributed by atoms with van der Waals surface area (Å²) in [5.41, 5.74) is 0. The molecule has 2 atom stereocenters. The maximum atomic E-state index is 9.12. The van der Waals surface area contributed by atoms with E-state index in [2.05, 4.69) is 38.3 Å². The van der Waals surface area contributed by atoms with E-state index in [1.165, 1.54) is 25.7 Å². The molecule has 2 unspecified atom stereocenters. The van der Waals surface area contributed by atoms with Gasteiger partial charge in [0.25, 0.3) is 0 Å². The van der Waals surface area contributed by atoms with Crippen LogP contribution in [0, 0.1) is 5.92 Å². The van der Waals surface area contributed by atoms with Crippen molar-refractivity contribution in [2.45, 2.75) is 78.7 Å². The molecule has 0 aliphatic rings. The van der Waals surface area contributed by atoms with Gasteiger partial charge in [0.1, 0.15) is 0 Å². The number of guanidine groups is 1. The van der Waals surface area contributed by atoms with Gasteiger partial charge < -0.3 is 15.7 Å². The van der Waals surface area contributed by atoms with E-state index in [1.54, 1.807) is 0 Å². The van der Waals surface area contributed by atoms with Crippen LogP contribution in [0.5, 0.6) is 0 Å². The molecule has 0 rings (SSSR count). The highest BCUT2D eigenvalue weighted by atomic mass is 16.3. The van der Waals surface area contributed by atoms with E-state index < -0.39 is 0 Å². The van der Waals surface area contributed by atoms with Crippen LogP contribution in [0.3, 0.4) is 0 Å². The number of rotatable bonds is 12. The summed E-state index contributed by atoms with van der Waals surface area (Å²) >= 11 is 0. The van der Waals surface area contributed by atoms with Crippen LogP contribution in [-0.2, 0) is 0 Å². The molecule has 126 valence electrons. The number of nitrogens with one attached hydrogen (secondary N) is 2. The molecule has 0 aliphatic carbocycles.